The molecule has 0 fully saturated rings. The number of esters is 1. The summed E-state index contributed by atoms with van der Waals surface area (Å²) in [6.07, 6.45) is 0.893. The van der Waals surface area contributed by atoms with Crippen molar-refractivity contribution in [1.82, 2.24) is 10.6 Å². The second kappa shape index (κ2) is 8.53. The third kappa shape index (κ3) is 7.46. The van der Waals surface area contributed by atoms with E-state index in [1.165, 1.54) is 4.88 Å². The standard InChI is InChI=1S/C13H20N2O3S/c1-10(2)18-12(16)6-8-15-13(17)14-7-5-11-4-3-9-19-11/h3-4,9-10H,5-8H2,1-2H3,(H2,14,15,17). The number of amides is 2. The summed E-state index contributed by atoms with van der Waals surface area (Å²) >= 11 is 1.67. The zero-order chi connectivity index (χ0) is 14.1. The van der Waals surface area contributed by atoms with Crippen LogP contribution < -0.4 is 10.6 Å². The molecule has 19 heavy (non-hydrogen) atoms. The summed E-state index contributed by atoms with van der Waals surface area (Å²) < 4.78 is 4.95. The molecule has 2 N–H and O–H groups in total. The van der Waals surface area contributed by atoms with Gasteiger partial charge in [-0.25, -0.2) is 4.79 Å². The van der Waals surface area contributed by atoms with Crippen LogP contribution in [0, 0.1) is 0 Å². The summed E-state index contributed by atoms with van der Waals surface area (Å²) in [5.74, 6) is -0.297. The summed E-state index contributed by atoms with van der Waals surface area (Å²) in [6.45, 7) is 4.46. The number of thiophene rings is 1. The first-order chi connectivity index (χ1) is 9.08. The van der Waals surface area contributed by atoms with E-state index in [0.29, 0.717) is 6.54 Å². The van der Waals surface area contributed by atoms with Crippen molar-refractivity contribution in [3.8, 4) is 0 Å². The smallest absolute Gasteiger partial charge is 0.314 e. The highest BCUT2D eigenvalue weighted by Crippen LogP contribution is 2.07. The van der Waals surface area contributed by atoms with Crippen LogP contribution in [0.3, 0.4) is 0 Å². The van der Waals surface area contributed by atoms with Crippen LogP contribution in [0.25, 0.3) is 0 Å². The molecule has 0 radical (unpaired) electrons. The maximum absolute atomic E-state index is 11.4. The Kier molecular flexibility index (Phi) is 6.95. The number of rotatable bonds is 7. The number of carbonyl (C=O) groups excluding carboxylic acids is 2. The minimum absolute atomic E-state index is 0.118. The first kappa shape index (κ1) is 15.5. The van der Waals surface area contributed by atoms with Crippen molar-refractivity contribution in [2.75, 3.05) is 13.1 Å². The molecule has 1 aromatic rings. The molecule has 0 saturated heterocycles. The van der Waals surface area contributed by atoms with Crippen molar-refractivity contribution in [3.05, 3.63) is 22.4 Å². The fourth-order valence-electron chi connectivity index (χ4n) is 1.42. The summed E-state index contributed by atoms with van der Waals surface area (Å²) in [4.78, 5) is 23.9. The van der Waals surface area contributed by atoms with E-state index in [9.17, 15) is 9.59 Å². The van der Waals surface area contributed by atoms with Crippen molar-refractivity contribution < 1.29 is 14.3 Å². The molecule has 0 spiro atoms. The first-order valence-corrected chi connectivity index (χ1v) is 7.19. The van der Waals surface area contributed by atoms with Crippen LogP contribution in [0.4, 0.5) is 4.79 Å². The third-order valence-electron chi connectivity index (χ3n) is 2.22. The van der Waals surface area contributed by atoms with Crippen LogP contribution in [0.1, 0.15) is 25.1 Å². The fraction of sp³-hybridized carbons (Fsp3) is 0.538. The predicted octanol–water partition coefficient (Wildman–Crippen LogP) is 1.93. The number of nitrogens with one attached hydrogen (secondary N) is 2. The summed E-state index contributed by atoms with van der Waals surface area (Å²) in [7, 11) is 0. The Morgan fingerprint density at radius 3 is 2.68 bits per heavy atom. The molecule has 6 heteroatoms. The third-order valence-corrected chi connectivity index (χ3v) is 3.16. The molecule has 0 bridgehead atoms. The van der Waals surface area contributed by atoms with Gasteiger partial charge in [0.05, 0.1) is 12.5 Å². The lowest BCUT2D eigenvalue weighted by Gasteiger charge is -2.09. The van der Waals surface area contributed by atoms with Crippen LogP contribution >= 0.6 is 11.3 Å². The number of urea groups is 1. The van der Waals surface area contributed by atoms with E-state index in [2.05, 4.69) is 10.6 Å². The average Bonchev–Trinajstić information content (AvgIpc) is 2.81. The molecule has 5 nitrogen and oxygen atoms in total. The van der Waals surface area contributed by atoms with Gasteiger partial charge in [-0.3, -0.25) is 4.79 Å². The Balaban J connectivity index is 2.03. The summed E-state index contributed by atoms with van der Waals surface area (Å²) in [5, 5.41) is 7.37. The molecule has 0 aromatic carbocycles. The van der Waals surface area contributed by atoms with Gasteiger partial charge in [0.15, 0.2) is 0 Å². The highest BCUT2D eigenvalue weighted by Gasteiger charge is 2.06. The molecule has 1 rings (SSSR count). The zero-order valence-electron chi connectivity index (χ0n) is 11.3. The van der Waals surface area contributed by atoms with E-state index in [1.807, 2.05) is 17.5 Å². The summed E-state index contributed by atoms with van der Waals surface area (Å²) in [6, 6.07) is 3.76. The second-order valence-electron chi connectivity index (χ2n) is 4.30. The lowest BCUT2D eigenvalue weighted by atomic mass is 10.3. The average molecular weight is 284 g/mol. The Hall–Kier alpha value is -1.56. The number of hydrogen-bond acceptors (Lipinski definition) is 4. The van der Waals surface area contributed by atoms with Crippen LogP contribution in [-0.4, -0.2) is 31.2 Å². The molecule has 1 aromatic heterocycles. The topological polar surface area (TPSA) is 67.4 Å². The van der Waals surface area contributed by atoms with Gasteiger partial charge in [-0.1, -0.05) is 6.07 Å². The lowest BCUT2D eigenvalue weighted by Crippen LogP contribution is -2.37. The van der Waals surface area contributed by atoms with Gasteiger partial charge >= 0.3 is 12.0 Å². The largest absolute Gasteiger partial charge is 0.463 e. The van der Waals surface area contributed by atoms with E-state index in [1.54, 1.807) is 25.2 Å². The Morgan fingerprint density at radius 2 is 2.05 bits per heavy atom. The van der Waals surface area contributed by atoms with Crippen molar-refractivity contribution >= 4 is 23.3 Å². The van der Waals surface area contributed by atoms with E-state index >= 15 is 0 Å². The van der Waals surface area contributed by atoms with Gasteiger partial charge in [-0.15, -0.1) is 11.3 Å². The molecular weight excluding hydrogens is 264 g/mol. The quantitative estimate of drug-likeness (QED) is 0.752. The van der Waals surface area contributed by atoms with Crippen molar-refractivity contribution in [2.45, 2.75) is 32.8 Å². The second-order valence-corrected chi connectivity index (χ2v) is 5.33. The molecule has 0 aliphatic heterocycles. The normalized spacial score (nSPS) is 10.3. The Bertz CT molecular complexity index is 391. The number of ether oxygens (including phenoxy) is 1. The van der Waals surface area contributed by atoms with E-state index in [-0.39, 0.29) is 31.1 Å². The molecule has 1 heterocycles. The molecule has 0 aliphatic rings. The molecule has 0 saturated carbocycles. The van der Waals surface area contributed by atoms with Gasteiger partial charge < -0.3 is 15.4 Å². The van der Waals surface area contributed by atoms with Gasteiger partial charge in [0.25, 0.3) is 0 Å². The predicted molar refractivity (Wildman–Crippen MR) is 75.3 cm³/mol. The zero-order valence-corrected chi connectivity index (χ0v) is 12.1. The number of carbonyl (C=O) groups is 2. The van der Waals surface area contributed by atoms with E-state index < -0.39 is 0 Å². The van der Waals surface area contributed by atoms with Gasteiger partial charge in [-0.05, 0) is 31.7 Å². The van der Waals surface area contributed by atoms with Crippen molar-refractivity contribution in [3.63, 3.8) is 0 Å². The van der Waals surface area contributed by atoms with Crippen molar-refractivity contribution in [1.29, 1.82) is 0 Å². The Morgan fingerprint density at radius 1 is 1.32 bits per heavy atom. The molecule has 0 atom stereocenters. The SMILES string of the molecule is CC(C)OC(=O)CCNC(=O)NCCc1cccs1. The molecule has 106 valence electrons. The highest BCUT2D eigenvalue weighted by molar-refractivity contribution is 7.09. The highest BCUT2D eigenvalue weighted by atomic mass is 32.1. The molecule has 2 amide bonds. The van der Waals surface area contributed by atoms with Crippen LogP contribution in [0.15, 0.2) is 17.5 Å². The maximum atomic E-state index is 11.4. The van der Waals surface area contributed by atoms with Crippen LogP contribution in [-0.2, 0) is 16.0 Å². The Labute approximate surface area is 117 Å². The van der Waals surface area contributed by atoms with Gasteiger partial charge in [0.1, 0.15) is 0 Å². The monoisotopic (exact) mass is 284 g/mol. The van der Waals surface area contributed by atoms with Gasteiger partial charge in [-0.2, -0.15) is 0 Å². The fourth-order valence-corrected chi connectivity index (χ4v) is 2.13. The molecular formula is C13H20N2O3S. The van der Waals surface area contributed by atoms with E-state index in [0.717, 1.165) is 6.42 Å². The van der Waals surface area contributed by atoms with Crippen molar-refractivity contribution in [2.24, 2.45) is 0 Å². The maximum Gasteiger partial charge on any atom is 0.314 e. The van der Waals surface area contributed by atoms with Gasteiger partial charge in [0.2, 0.25) is 0 Å². The summed E-state index contributed by atoms with van der Waals surface area (Å²) in [5.41, 5.74) is 0. The molecule has 0 unspecified atom stereocenters. The first-order valence-electron chi connectivity index (χ1n) is 6.31. The van der Waals surface area contributed by atoms with Gasteiger partial charge in [0, 0.05) is 18.0 Å². The van der Waals surface area contributed by atoms with E-state index in [4.69, 9.17) is 4.74 Å². The minimum Gasteiger partial charge on any atom is -0.463 e. The van der Waals surface area contributed by atoms with Crippen LogP contribution in [0.5, 0.6) is 0 Å². The number of hydrogen-bond donors (Lipinski definition) is 2. The lowest BCUT2D eigenvalue weighted by molar-refractivity contribution is -0.147. The molecule has 0 aliphatic carbocycles. The van der Waals surface area contributed by atoms with Crippen LogP contribution in [0.2, 0.25) is 0 Å². The minimum atomic E-state index is -0.297.